The van der Waals surface area contributed by atoms with Gasteiger partial charge in [-0.05, 0) is 29.2 Å². The molecule has 25 heavy (non-hydrogen) atoms. The number of nitrogens with zero attached hydrogens (tertiary/aromatic N) is 3. The number of hydrogen-bond donors (Lipinski definition) is 1. The van der Waals surface area contributed by atoms with Gasteiger partial charge in [-0.1, -0.05) is 55.5 Å². The van der Waals surface area contributed by atoms with E-state index in [1.54, 1.807) is 0 Å². The minimum Gasteiger partial charge on any atom is -0.310 e. The topological polar surface area (TPSA) is 55.7 Å². The van der Waals surface area contributed by atoms with Crippen LogP contribution in [-0.2, 0) is 0 Å². The Labute approximate surface area is 147 Å². The van der Waals surface area contributed by atoms with Gasteiger partial charge < -0.3 is 4.90 Å². The van der Waals surface area contributed by atoms with Crippen LogP contribution in [0.15, 0.2) is 60.7 Å². The molecule has 1 aliphatic rings. The summed E-state index contributed by atoms with van der Waals surface area (Å²) in [6.45, 7) is 3.78. The molecule has 2 atom stereocenters. The van der Waals surface area contributed by atoms with Crippen molar-refractivity contribution in [2.45, 2.75) is 12.8 Å². The highest BCUT2D eigenvalue weighted by molar-refractivity contribution is 5.71. The van der Waals surface area contributed by atoms with Crippen molar-refractivity contribution in [2.24, 2.45) is 5.92 Å². The van der Waals surface area contributed by atoms with E-state index in [0.717, 1.165) is 30.0 Å². The van der Waals surface area contributed by atoms with E-state index in [1.165, 1.54) is 11.1 Å². The van der Waals surface area contributed by atoms with Crippen molar-refractivity contribution in [3.05, 3.63) is 66.4 Å². The van der Waals surface area contributed by atoms with Crippen molar-refractivity contribution in [3.63, 3.8) is 0 Å². The average molecular weight is 328 g/mol. The highest BCUT2D eigenvalue weighted by Crippen LogP contribution is 2.33. The molecule has 4 nitrogen and oxygen atoms in total. The molecule has 0 spiro atoms. The summed E-state index contributed by atoms with van der Waals surface area (Å²) in [5.41, 5.74) is 5.56. The van der Waals surface area contributed by atoms with Gasteiger partial charge in [0.1, 0.15) is 0 Å². The maximum absolute atomic E-state index is 9.12. The van der Waals surface area contributed by atoms with E-state index >= 15 is 0 Å². The Bertz CT molecular complexity index is 907. The van der Waals surface area contributed by atoms with E-state index in [0.29, 0.717) is 11.8 Å². The average Bonchev–Trinajstić information content (AvgIpc) is 3.29. The van der Waals surface area contributed by atoms with Gasteiger partial charge in [-0.2, -0.15) is 10.4 Å². The van der Waals surface area contributed by atoms with Crippen LogP contribution in [-0.4, -0.2) is 28.2 Å². The molecular weight excluding hydrogens is 308 g/mol. The molecule has 0 unspecified atom stereocenters. The van der Waals surface area contributed by atoms with Gasteiger partial charge in [0, 0.05) is 30.3 Å². The lowest BCUT2D eigenvalue weighted by atomic mass is 9.94. The van der Waals surface area contributed by atoms with Crippen LogP contribution in [0, 0.1) is 17.4 Å². The molecule has 3 aromatic rings. The molecule has 0 bridgehead atoms. The van der Waals surface area contributed by atoms with Gasteiger partial charge in [0.15, 0.2) is 6.19 Å². The van der Waals surface area contributed by atoms with Crippen LogP contribution >= 0.6 is 0 Å². The second-order valence-electron chi connectivity index (χ2n) is 6.74. The van der Waals surface area contributed by atoms with Crippen LogP contribution in [0.5, 0.6) is 0 Å². The third-order valence-electron chi connectivity index (χ3n) is 5.02. The zero-order chi connectivity index (χ0) is 17.2. The van der Waals surface area contributed by atoms with Crippen molar-refractivity contribution < 1.29 is 0 Å². The zero-order valence-electron chi connectivity index (χ0n) is 14.2. The quantitative estimate of drug-likeness (QED) is 0.731. The molecule has 1 fully saturated rings. The van der Waals surface area contributed by atoms with Crippen LogP contribution in [0.1, 0.15) is 18.5 Å². The Morgan fingerprint density at radius 2 is 1.76 bits per heavy atom. The van der Waals surface area contributed by atoms with Crippen LogP contribution in [0.2, 0.25) is 0 Å². The van der Waals surface area contributed by atoms with Gasteiger partial charge in [-0.15, -0.1) is 0 Å². The first-order valence-corrected chi connectivity index (χ1v) is 8.60. The lowest BCUT2D eigenvalue weighted by Crippen LogP contribution is -2.12. The van der Waals surface area contributed by atoms with Crippen molar-refractivity contribution in [3.8, 4) is 28.6 Å². The third-order valence-corrected chi connectivity index (χ3v) is 5.02. The van der Waals surface area contributed by atoms with E-state index in [9.17, 15) is 0 Å². The van der Waals surface area contributed by atoms with E-state index < -0.39 is 0 Å². The summed E-state index contributed by atoms with van der Waals surface area (Å²) in [7, 11) is 0. The number of rotatable bonds is 3. The molecule has 1 aliphatic heterocycles. The Hall–Kier alpha value is -3.06. The number of aromatic amines is 1. The normalized spacial score (nSPS) is 19.8. The van der Waals surface area contributed by atoms with Crippen molar-refractivity contribution in [1.29, 1.82) is 5.26 Å². The summed E-state index contributed by atoms with van der Waals surface area (Å²) in [5, 5.41) is 16.8. The number of nitrogens with one attached hydrogen (secondary N) is 1. The highest BCUT2D eigenvalue weighted by Gasteiger charge is 2.31. The maximum Gasteiger partial charge on any atom is 0.179 e. The van der Waals surface area contributed by atoms with Gasteiger partial charge in [0.25, 0.3) is 0 Å². The summed E-state index contributed by atoms with van der Waals surface area (Å²) in [4.78, 5) is 1.83. The largest absolute Gasteiger partial charge is 0.310 e. The van der Waals surface area contributed by atoms with E-state index in [4.69, 9.17) is 5.26 Å². The zero-order valence-corrected chi connectivity index (χ0v) is 14.2. The van der Waals surface area contributed by atoms with Gasteiger partial charge in [-0.25, -0.2) is 0 Å². The molecule has 0 saturated carbocycles. The molecule has 2 aromatic carbocycles. The molecule has 4 rings (SSSR count). The summed E-state index contributed by atoms with van der Waals surface area (Å²) >= 11 is 0. The molecule has 0 aliphatic carbocycles. The summed E-state index contributed by atoms with van der Waals surface area (Å²) < 4.78 is 0. The number of likely N-dealkylation sites (tertiary alicyclic amines) is 1. The first kappa shape index (κ1) is 15.5. The van der Waals surface area contributed by atoms with E-state index in [2.05, 4.69) is 77.9 Å². The number of nitriles is 1. The molecule has 2 heterocycles. The maximum atomic E-state index is 9.12. The van der Waals surface area contributed by atoms with Crippen LogP contribution < -0.4 is 0 Å². The van der Waals surface area contributed by atoms with Crippen LogP contribution in [0.3, 0.4) is 0 Å². The number of H-pyrrole nitrogens is 1. The Kier molecular flexibility index (Phi) is 3.99. The number of aromatic nitrogens is 2. The minimum atomic E-state index is 0.332. The summed E-state index contributed by atoms with van der Waals surface area (Å²) in [6.07, 6.45) is 2.26. The van der Waals surface area contributed by atoms with Gasteiger partial charge >= 0.3 is 0 Å². The Morgan fingerprint density at radius 3 is 2.52 bits per heavy atom. The molecule has 0 radical (unpaired) electrons. The molecular formula is C21H20N4. The first-order chi connectivity index (χ1) is 12.2. The van der Waals surface area contributed by atoms with Crippen molar-refractivity contribution in [1.82, 2.24) is 15.1 Å². The van der Waals surface area contributed by atoms with Crippen molar-refractivity contribution >= 4 is 0 Å². The van der Waals surface area contributed by atoms with E-state index in [-0.39, 0.29) is 0 Å². The smallest absolute Gasteiger partial charge is 0.179 e. The molecule has 4 heteroatoms. The Morgan fingerprint density at radius 1 is 1.00 bits per heavy atom. The van der Waals surface area contributed by atoms with Gasteiger partial charge in [-0.3, -0.25) is 5.10 Å². The predicted octanol–water partition coefficient (Wildman–Crippen LogP) is 4.26. The molecule has 1 aromatic heterocycles. The standard InChI is InChI=1S/C21H20N4/c1-15-12-25(14-22)13-19(15)21-11-20(23-24-21)18-9-5-8-17(10-18)16-6-3-2-4-7-16/h2-11,15,19H,12-13H2,1H3,(H,23,24)/t15-,19-/m0/s1. The fraction of sp³-hybridized carbons (Fsp3) is 0.238. The van der Waals surface area contributed by atoms with Crippen LogP contribution in [0.4, 0.5) is 0 Å². The monoisotopic (exact) mass is 328 g/mol. The lowest BCUT2D eigenvalue weighted by Gasteiger charge is -2.10. The predicted molar refractivity (Wildman–Crippen MR) is 98.6 cm³/mol. The SMILES string of the molecule is C[C@H]1CN(C#N)C[C@@H]1c1cc(-c2cccc(-c3ccccc3)c2)n[nH]1. The van der Waals surface area contributed by atoms with Crippen LogP contribution in [0.25, 0.3) is 22.4 Å². The van der Waals surface area contributed by atoms with E-state index in [1.807, 2.05) is 11.0 Å². The second-order valence-corrected chi connectivity index (χ2v) is 6.74. The summed E-state index contributed by atoms with van der Waals surface area (Å²) in [5.74, 6) is 0.779. The van der Waals surface area contributed by atoms with Gasteiger partial charge in [0.05, 0.1) is 5.69 Å². The molecule has 1 N–H and O–H groups in total. The van der Waals surface area contributed by atoms with Gasteiger partial charge in [0.2, 0.25) is 0 Å². The second kappa shape index (κ2) is 6.45. The fourth-order valence-corrected chi connectivity index (χ4v) is 3.62. The third kappa shape index (κ3) is 3.01. The molecule has 1 saturated heterocycles. The number of hydrogen-bond acceptors (Lipinski definition) is 3. The van der Waals surface area contributed by atoms with Crippen molar-refractivity contribution in [2.75, 3.05) is 13.1 Å². The first-order valence-electron chi connectivity index (χ1n) is 8.60. The number of benzene rings is 2. The minimum absolute atomic E-state index is 0.332. The lowest BCUT2D eigenvalue weighted by molar-refractivity contribution is 0.465. The Balaban J connectivity index is 1.62. The molecule has 124 valence electrons. The summed E-state index contributed by atoms with van der Waals surface area (Å²) in [6, 6.07) is 21.0. The molecule has 0 amide bonds. The fourth-order valence-electron chi connectivity index (χ4n) is 3.62. The highest BCUT2D eigenvalue weighted by atomic mass is 15.2.